The second kappa shape index (κ2) is 7.56. The van der Waals surface area contributed by atoms with E-state index >= 15 is 0 Å². The van der Waals surface area contributed by atoms with Gasteiger partial charge in [-0.1, -0.05) is 18.2 Å². The number of para-hydroxylation sites is 1. The normalized spacial score (nSPS) is 13.3. The zero-order valence-electron chi connectivity index (χ0n) is 13.9. The Hall–Kier alpha value is -1.89. The van der Waals surface area contributed by atoms with E-state index in [0.717, 1.165) is 47.5 Å². The first-order valence-electron chi connectivity index (χ1n) is 8.10. The Kier molecular flexibility index (Phi) is 5.42. The van der Waals surface area contributed by atoms with Crippen molar-refractivity contribution < 1.29 is 4.74 Å². The van der Waals surface area contributed by atoms with Crippen molar-refractivity contribution in [2.75, 3.05) is 13.7 Å². The maximum atomic E-state index is 12.9. The third kappa shape index (κ3) is 3.29. The zero-order chi connectivity index (χ0) is 16.5. The molecule has 1 aliphatic rings. The van der Waals surface area contributed by atoms with Crippen molar-refractivity contribution in [1.82, 2.24) is 14.9 Å². The molecule has 0 radical (unpaired) electrons. The van der Waals surface area contributed by atoms with Gasteiger partial charge in [-0.3, -0.25) is 9.36 Å². The van der Waals surface area contributed by atoms with Crippen LogP contribution in [0.2, 0.25) is 0 Å². The van der Waals surface area contributed by atoms with Gasteiger partial charge >= 0.3 is 0 Å². The van der Waals surface area contributed by atoms with Crippen molar-refractivity contribution in [3.8, 4) is 5.75 Å². The van der Waals surface area contributed by atoms with Crippen LogP contribution in [0.15, 0.2) is 35.4 Å². The Morgan fingerprint density at radius 3 is 3.04 bits per heavy atom. The highest BCUT2D eigenvalue weighted by Crippen LogP contribution is 2.29. The van der Waals surface area contributed by atoms with Crippen LogP contribution >= 0.6 is 23.7 Å². The molecule has 3 aromatic rings. The Morgan fingerprint density at radius 1 is 1.36 bits per heavy atom. The number of aryl methyl sites for hydroxylation is 2. The van der Waals surface area contributed by atoms with Gasteiger partial charge in [0.1, 0.15) is 10.6 Å². The number of hydrogen-bond acceptors (Lipinski definition) is 5. The number of aromatic nitrogens is 2. The van der Waals surface area contributed by atoms with Gasteiger partial charge in [-0.15, -0.1) is 23.7 Å². The van der Waals surface area contributed by atoms with Crippen LogP contribution in [0.25, 0.3) is 10.2 Å². The second-order valence-electron chi connectivity index (χ2n) is 5.92. The molecular formula is C18H20ClN3O2S. The molecule has 0 saturated carbocycles. The smallest absolute Gasteiger partial charge is 0.262 e. The highest BCUT2D eigenvalue weighted by Gasteiger charge is 2.19. The van der Waals surface area contributed by atoms with Gasteiger partial charge in [0.15, 0.2) is 0 Å². The zero-order valence-corrected chi connectivity index (χ0v) is 15.6. The summed E-state index contributed by atoms with van der Waals surface area (Å²) in [5.41, 5.74) is 2.37. The lowest BCUT2D eigenvalue weighted by Gasteiger charge is -2.12. The summed E-state index contributed by atoms with van der Waals surface area (Å²) in [6, 6.07) is 7.92. The van der Waals surface area contributed by atoms with Crippen molar-refractivity contribution >= 4 is 34.0 Å². The van der Waals surface area contributed by atoms with Crippen LogP contribution in [0.1, 0.15) is 16.0 Å². The van der Waals surface area contributed by atoms with Gasteiger partial charge in [0.2, 0.25) is 0 Å². The molecule has 25 heavy (non-hydrogen) atoms. The summed E-state index contributed by atoms with van der Waals surface area (Å²) in [5.74, 6) is 0.860. The van der Waals surface area contributed by atoms with Gasteiger partial charge in [0.05, 0.1) is 18.8 Å². The number of thiophene rings is 1. The average molecular weight is 378 g/mol. The molecule has 1 N–H and O–H groups in total. The number of methoxy groups -OCH3 is 1. The fraction of sp³-hybridized carbons (Fsp3) is 0.333. The number of rotatable bonds is 4. The van der Waals surface area contributed by atoms with Gasteiger partial charge in [-0.2, -0.15) is 0 Å². The highest BCUT2D eigenvalue weighted by atomic mass is 35.5. The van der Waals surface area contributed by atoms with E-state index in [2.05, 4.69) is 10.3 Å². The molecule has 0 aliphatic carbocycles. The number of nitrogens with zero attached hydrogens (tertiary/aromatic N) is 2. The first kappa shape index (κ1) is 17.9. The minimum atomic E-state index is 0. The van der Waals surface area contributed by atoms with Crippen molar-refractivity contribution in [2.24, 2.45) is 0 Å². The molecule has 0 amide bonds. The molecule has 1 aromatic carbocycles. The quantitative estimate of drug-likeness (QED) is 0.759. The summed E-state index contributed by atoms with van der Waals surface area (Å²) in [7, 11) is 1.67. The maximum absolute atomic E-state index is 12.9. The summed E-state index contributed by atoms with van der Waals surface area (Å²) in [5, 5.41) is 4.17. The van der Waals surface area contributed by atoms with Crippen LogP contribution in [0.5, 0.6) is 5.75 Å². The number of nitrogens with one attached hydrogen (secondary N) is 1. The molecule has 7 heteroatoms. The number of benzene rings is 1. The molecule has 0 unspecified atom stereocenters. The average Bonchev–Trinajstić information content (AvgIpc) is 3.00. The minimum Gasteiger partial charge on any atom is -0.496 e. The summed E-state index contributed by atoms with van der Waals surface area (Å²) in [4.78, 5) is 19.6. The van der Waals surface area contributed by atoms with E-state index in [9.17, 15) is 4.79 Å². The molecule has 0 spiro atoms. The largest absolute Gasteiger partial charge is 0.496 e. The van der Waals surface area contributed by atoms with E-state index in [-0.39, 0.29) is 18.0 Å². The third-order valence-electron chi connectivity index (χ3n) is 4.51. The fourth-order valence-electron chi connectivity index (χ4n) is 3.26. The predicted molar refractivity (Wildman–Crippen MR) is 103 cm³/mol. The molecule has 3 heterocycles. The van der Waals surface area contributed by atoms with Gasteiger partial charge in [0, 0.05) is 18.0 Å². The van der Waals surface area contributed by atoms with Crippen LogP contribution in [-0.2, 0) is 25.9 Å². The Labute approximate surface area is 156 Å². The number of halogens is 1. The van der Waals surface area contributed by atoms with Crippen LogP contribution in [0.3, 0.4) is 0 Å². The topological polar surface area (TPSA) is 56.2 Å². The van der Waals surface area contributed by atoms with Gasteiger partial charge in [-0.05, 0) is 36.6 Å². The molecular weight excluding hydrogens is 358 g/mol. The molecule has 0 bridgehead atoms. The molecule has 5 nitrogen and oxygen atoms in total. The third-order valence-corrected chi connectivity index (χ3v) is 5.65. The summed E-state index contributed by atoms with van der Waals surface area (Å²) in [6.45, 7) is 2.37. The van der Waals surface area contributed by atoms with Crippen molar-refractivity contribution in [3.05, 3.63) is 57.0 Å². The Balaban J connectivity index is 0.00000182. The van der Waals surface area contributed by atoms with Crippen molar-refractivity contribution in [3.63, 3.8) is 0 Å². The summed E-state index contributed by atoms with van der Waals surface area (Å²) >= 11 is 1.64. The van der Waals surface area contributed by atoms with E-state index in [1.807, 2.05) is 24.3 Å². The first-order chi connectivity index (χ1) is 11.8. The lowest BCUT2D eigenvalue weighted by atomic mass is 10.1. The molecule has 0 fully saturated rings. The predicted octanol–water partition coefficient (Wildman–Crippen LogP) is 2.78. The maximum Gasteiger partial charge on any atom is 0.262 e. The van der Waals surface area contributed by atoms with Crippen LogP contribution in [-0.4, -0.2) is 23.2 Å². The highest BCUT2D eigenvalue weighted by molar-refractivity contribution is 7.18. The Morgan fingerprint density at radius 2 is 2.20 bits per heavy atom. The monoisotopic (exact) mass is 377 g/mol. The summed E-state index contributed by atoms with van der Waals surface area (Å²) < 4.78 is 7.11. The van der Waals surface area contributed by atoms with Crippen LogP contribution in [0.4, 0.5) is 0 Å². The lowest BCUT2D eigenvalue weighted by Crippen LogP contribution is -2.25. The minimum absolute atomic E-state index is 0. The van der Waals surface area contributed by atoms with E-state index in [0.29, 0.717) is 6.54 Å². The molecule has 4 rings (SSSR count). The molecule has 0 atom stereocenters. The van der Waals surface area contributed by atoms with Gasteiger partial charge in [0.25, 0.3) is 5.56 Å². The van der Waals surface area contributed by atoms with Gasteiger partial charge in [-0.25, -0.2) is 4.98 Å². The molecule has 2 aromatic heterocycles. The SMILES string of the molecule is COc1ccccc1CCn1cnc2sc3c(c2c1=O)CCNC3.Cl. The van der Waals surface area contributed by atoms with E-state index in [4.69, 9.17) is 4.74 Å². The number of ether oxygens (including phenoxy) is 1. The van der Waals surface area contributed by atoms with E-state index in [1.165, 1.54) is 10.4 Å². The van der Waals surface area contributed by atoms with E-state index < -0.39 is 0 Å². The van der Waals surface area contributed by atoms with Crippen LogP contribution in [0, 0.1) is 0 Å². The Bertz CT molecular complexity index is 951. The molecule has 0 saturated heterocycles. The fourth-order valence-corrected chi connectivity index (χ4v) is 4.41. The first-order valence-corrected chi connectivity index (χ1v) is 8.92. The molecule has 132 valence electrons. The summed E-state index contributed by atoms with van der Waals surface area (Å²) in [6.07, 6.45) is 3.32. The number of hydrogen-bond donors (Lipinski definition) is 1. The lowest BCUT2D eigenvalue weighted by molar-refractivity contribution is 0.408. The molecule has 1 aliphatic heterocycles. The van der Waals surface area contributed by atoms with Crippen LogP contribution < -0.4 is 15.6 Å². The van der Waals surface area contributed by atoms with E-state index in [1.54, 1.807) is 29.3 Å². The van der Waals surface area contributed by atoms with Gasteiger partial charge < -0.3 is 10.1 Å². The van der Waals surface area contributed by atoms with Crippen molar-refractivity contribution in [2.45, 2.75) is 25.9 Å². The second-order valence-corrected chi connectivity index (χ2v) is 7.00. The number of fused-ring (bicyclic) bond motifs is 3. The standard InChI is InChI=1S/C18H19N3O2S.ClH/c1-23-14-5-3-2-4-12(14)7-9-21-11-20-17-16(18(21)22)13-6-8-19-10-15(13)24-17;/h2-5,11,19H,6-10H2,1H3;1H. The van der Waals surface area contributed by atoms with Crippen molar-refractivity contribution in [1.29, 1.82) is 0 Å².